The molecule has 0 saturated heterocycles. The number of nitrogens with one attached hydrogen (secondary N) is 1. The molecule has 0 radical (unpaired) electrons. The number of phenols is 1. The van der Waals surface area contributed by atoms with Crippen LogP contribution in [0.5, 0.6) is 23.0 Å². The van der Waals surface area contributed by atoms with E-state index in [9.17, 15) is 9.90 Å². The molecule has 0 fully saturated rings. The Balaban J connectivity index is 2.11. The number of aromatic nitrogens is 2. The first-order chi connectivity index (χ1) is 13.4. The molecule has 0 aliphatic carbocycles. The van der Waals surface area contributed by atoms with Crippen LogP contribution in [0.15, 0.2) is 33.5 Å². The number of hydrogen-bond acceptors (Lipinski definition) is 6. The number of aromatic hydroxyl groups is 1. The summed E-state index contributed by atoms with van der Waals surface area (Å²) in [5.74, 6) is 1.33. The third-order valence-corrected chi connectivity index (χ3v) is 4.89. The highest BCUT2D eigenvalue weighted by Gasteiger charge is 2.13. The van der Waals surface area contributed by atoms with Crippen LogP contribution in [0, 0.1) is 0 Å². The van der Waals surface area contributed by atoms with Gasteiger partial charge in [0.2, 0.25) is 0 Å². The summed E-state index contributed by atoms with van der Waals surface area (Å²) in [6.07, 6.45) is 1.60. The summed E-state index contributed by atoms with van der Waals surface area (Å²) < 4.78 is 16.1. The fourth-order valence-electron chi connectivity index (χ4n) is 2.63. The number of fused-ring (bicyclic) bond motifs is 1. The lowest BCUT2D eigenvalue weighted by molar-refractivity contribution is 0.355. The molecule has 0 aliphatic heterocycles. The zero-order valence-corrected chi connectivity index (χ0v) is 17.5. The van der Waals surface area contributed by atoms with Gasteiger partial charge in [-0.3, -0.25) is 4.79 Å². The van der Waals surface area contributed by atoms with Crippen LogP contribution in [0.2, 0.25) is 0 Å². The molecule has 0 saturated carbocycles. The summed E-state index contributed by atoms with van der Waals surface area (Å²) in [5, 5.41) is 10.5. The predicted molar refractivity (Wildman–Crippen MR) is 112 cm³/mol. The highest BCUT2D eigenvalue weighted by Crippen LogP contribution is 2.36. The summed E-state index contributed by atoms with van der Waals surface area (Å²) in [6, 6.07) is 6.43. The van der Waals surface area contributed by atoms with Gasteiger partial charge in [0, 0.05) is 6.07 Å². The van der Waals surface area contributed by atoms with Crippen molar-refractivity contribution in [2.45, 2.75) is 0 Å². The first kappa shape index (κ1) is 20.0. The molecule has 28 heavy (non-hydrogen) atoms. The minimum Gasteiger partial charge on any atom is -0.503 e. The number of aromatic amines is 1. The van der Waals surface area contributed by atoms with Gasteiger partial charge in [0.1, 0.15) is 0 Å². The maximum atomic E-state index is 12.5. The lowest BCUT2D eigenvalue weighted by atomic mass is 10.1. The van der Waals surface area contributed by atoms with Crippen LogP contribution >= 0.6 is 27.5 Å². The van der Waals surface area contributed by atoms with Gasteiger partial charge in [0.15, 0.2) is 28.8 Å². The predicted octanol–water partition coefficient (Wildman–Crippen LogP) is 4.15. The first-order valence-electron chi connectivity index (χ1n) is 7.98. The largest absolute Gasteiger partial charge is 0.503 e. The molecule has 0 spiro atoms. The Morgan fingerprint density at radius 2 is 1.75 bits per heavy atom. The highest BCUT2D eigenvalue weighted by molar-refractivity contribution is 9.10. The van der Waals surface area contributed by atoms with E-state index in [1.54, 1.807) is 30.3 Å². The van der Waals surface area contributed by atoms with E-state index in [0.717, 1.165) is 0 Å². The molecule has 0 atom stereocenters. The molecule has 7 nitrogen and oxygen atoms in total. The summed E-state index contributed by atoms with van der Waals surface area (Å²) in [7, 11) is 4.44. The number of ether oxygens (including phenoxy) is 3. The molecule has 146 valence electrons. The van der Waals surface area contributed by atoms with Crippen molar-refractivity contribution in [1.29, 1.82) is 0 Å². The standard InChI is InChI=1S/C19H16BrClN2O5/c1-26-14-7-10-13(8-15(14)27-2)22-18(23-19(10)25)12(21)5-9-4-11(20)17(24)16(6-9)28-3/h4-8,24H,1-3H3,(H,22,23,25)/b12-5-. The van der Waals surface area contributed by atoms with Gasteiger partial charge in [-0.2, -0.15) is 0 Å². The van der Waals surface area contributed by atoms with Crippen molar-refractivity contribution in [2.75, 3.05) is 21.3 Å². The SMILES string of the molecule is COc1cc2nc(/C(Cl)=C/c3cc(Br)c(O)c(OC)c3)[nH]c(=O)c2cc1OC. The van der Waals surface area contributed by atoms with Crippen LogP contribution in [0.1, 0.15) is 11.4 Å². The third-order valence-electron chi connectivity index (χ3n) is 4.00. The van der Waals surface area contributed by atoms with E-state index in [1.807, 2.05) is 0 Å². The minimum absolute atomic E-state index is 0.0194. The van der Waals surface area contributed by atoms with Crippen molar-refractivity contribution in [3.63, 3.8) is 0 Å². The number of nitrogens with zero attached hydrogens (tertiary/aromatic N) is 1. The second-order valence-corrected chi connectivity index (χ2v) is 6.95. The molecule has 0 aliphatic rings. The summed E-state index contributed by atoms with van der Waals surface area (Å²) in [5.41, 5.74) is 0.686. The first-order valence-corrected chi connectivity index (χ1v) is 9.15. The second-order valence-electron chi connectivity index (χ2n) is 5.68. The van der Waals surface area contributed by atoms with Gasteiger partial charge in [-0.05, 0) is 45.8 Å². The van der Waals surface area contributed by atoms with Crippen LogP contribution in [-0.2, 0) is 0 Å². The van der Waals surface area contributed by atoms with Crippen LogP contribution in [0.25, 0.3) is 22.0 Å². The molecule has 2 aromatic carbocycles. The van der Waals surface area contributed by atoms with Gasteiger partial charge >= 0.3 is 0 Å². The molecule has 0 bridgehead atoms. The van der Waals surface area contributed by atoms with Gasteiger partial charge in [-0.25, -0.2) is 4.98 Å². The van der Waals surface area contributed by atoms with E-state index >= 15 is 0 Å². The van der Waals surface area contributed by atoms with Crippen LogP contribution in [0.3, 0.4) is 0 Å². The lowest BCUT2D eigenvalue weighted by Gasteiger charge is -2.09. The maximum Gasteiger partial charge on any atom is 0.259 e. The fraction of sp³-hybridized carbons (Fsp3) is 0.158. The summed E-state index contributed by atoms with van der Waals surface area (Å²) >= 11 is 9.64. The Morgan fingerprint density at radius 1 is 1.11 bits per heavy atom. The molecule has 3 rings (SSSR count). The molecule has 2 N–H and O–H groups in total. The van der Waals surface area contributed by atoms with Crippen LogP contribution in [0.4, 0.5) is 0 Å². The molecule has 0 unspecified atom stereocenters. The quantitative estimate of drug-likeness (QED) is 0.585. The summed E-state index contributed by atoms with van der Waals surface area (Å²) in [4.78, 5) is 19.6. The topological polar surface area (TPSA) is 93.7 Å². The third kappa shape index (κ3) is 3.79. The Labute approximate surface area is 173 Å². The van der Waals surface area contributed by atoms with Crippen molar-refractivity contribution in [1.82, 2.24) is 9.97 Å². The zero-order valence-electron chi connectivity index (χ0n) is 15.2. The van der Waals surface area contributed by atoms with Crippen molar-refractivity contribution < 1.29 is 19.3 Å². The van der Waals surface area contributed by atoms with Gasteiger partial charge in [0.05, 0.1) is 41.7 Å². The van der Waals surface area contributed by atoms with E-state index in [4.69, 9.17) is 25.8 Å². The fourth-order valence-corrected chi connectivity index (χ4v) is 3.30. The molecule has 3 aromatic rings. The average molecular weight is 468 g/mol. The number of benzene rings is 2. The van der Waals surface area contributed by atoms with E-state index in [1.165, 1.54) is 21.3 Å². The Kier molecular flexibility index (Phi) is 5.81. The molecule has 1 heterocycles. The van der Waals surface area contributed by atoms with Gasteiger partial charge in [-0.1, -0.05) is 11.6 Å². The number of hydrogen-bond donors (Lipinski definition) is 2. The van der Waals surface area contributed by atoms with Crippen molar-refractivity contribution in [3.8, 4) is 23.0 Å². The van der Waals surface area contributed by atoms with Crippen LogP contribution < -0.4 is 19.8 Å². The Bertz CT molecular complexity index is 1140. The Hall–Kier alpha value is -2.71. The second kappa shape index (κ2) is 8.12. The minimum atomic E-state index is -0.364. The molecule has 0 amide bonds. The van der Waals surface area contributed by atoms with Gasteiger partial charge in [0.25, 0.3) is 5.56 Å². The van der Waals surface area contributed by atoms with Crippen molar-refractivity contribution in [2.24, 2.45) is 0 Å². The normalized spacial score (nSPS) is 11.5. The molecule has 1 aromatic heterocycles. The molecular weight excluding hydrogens is 452 g/mol. The van der Waals surface area contributed by atoms with Gasteiger partial charge in [-0.15, -0.1) is 0 Å². The van der Waals surface area contributed by atoms with E-state index in [0.29, 0.717) is 32.4 Å². The van der Waals surface area contributed by atoms with E-state index in [2.05, 4.69) is 25.9 Å². The number of H-pyrrole nitrogens is 1. The maximum absolute atomic E-state index is 12.5. The van der Waals surface area contributed by atoms with Crippen LogP contribution in [-0.4, -0.2) is 36.4 Å². The molecular formula is C19H16BrClN2O5. The zero-order chi connectivity index (χ0) is 20.4. The summed E-state index contributed by atoms with van der Waals surface area (Å²) in [6.45, 7) is 0. The monoisotopic (exact) mass is 466 g/mol. The lowest BCUT2D eigenvalue weighted by Crippen LogP contribution is -2.11. The Morgan fingerprint density at radius 3 is 2.39 bits per heavy atom. The van der Waals surface area contributed by atoms with Crippen molar-refractivity contribution >= 4 is 49.5 Å². The van der Waals surface area contributed by atoms with Crippen molar-refractivity contribution in [3.05, 3.63) is 50.5 Å². The van der Waals surface area contributed by atoms with E-state index in [-0.39, 0.29) is 27.9 Å². The molecule has 9 heteroatoms. The number of halogens is 2. The highest BCUT2D eigenvalue weighted by atomic mass is 79.9. The number of phenolic OH excluding ortho intramolecular Hbond substituents is 1. The number of methoxy groups -OCH3 is 3. The number of rotatable bonds is 5. The average Bonchev–Trinajstić information content (AvgIpc) is 2.69. The smallest absolute Gasteiger partial charge is 0.259 e. The van der Waals surface area contributed by atoms with Gasteiger partial charge < -0.3 is 24.3 Å². The van der Waals surface area contributed by atoms with E-state index < -0.39 is 0 Å².